The average Bonchev–Trinajstić information content (AvgIpc) is 2.80. The van der Waals surface area contributed by atoms with E-state index >= 15 is 0 Å². The third-order valence-corrected chi connectivity index (χ3v) is 5.34. The van der Waals surface area contributed by atoms with E-state index in [4.69, 9.17) is 0 Å². The number of amides is 1. The maximum atomic E-state index is 13.6. The smallest absolute Gasteiger partial charge is 0.265 e. The van der Waals surface area contributed by atoms with Crippen LogP contribution >= 0.6 is 0 Å². The quantitative estimate of drug-likeness (QED) is 0.470. The lowest BCUT2D eigenvalue weighted by Crippen LogP contribution is -2.40. The predicted octanol–water partition coefficient (Wildman–Crippen LogP) is 4.50. The molecule has 0 saturated heterocycles. The summed E-state index contributed by atoms with van der Waals surface area (Å²) >= 11 is 0. The van der Waals surface area contributed by atoms with Crippen molar-refractivity contribution in [3.63, 3.8) is 0 Å². The van der Waals surface area contributed by atoms with Gasteiger partial charge in [-0.05, 0) is 43.2 Å². The summed E-state index contributed by atoms with van der Waals surface area (Å²) in [5.74, 6) is -0.267. The Morgan fingerprint density at radius 2 is 1.58 bits per heavy atom. The summed E-state index contributed by atoms with van der Waals surface area (Å²) in [5.41, 5.74) is 2.43. The largest absolute Gasteiger partial charge is 0.332 e. The molecule has 0 aliphatic rings. The zero-order valence-electron chi connectivity index (χ0n) is 17.7. The minimum absolute atomic E-state index is 0.0562. The Balaban J connectivity index is 1.80. The van der Waals surface area contributed by atoms with E-state index in [9.17, 15) is 9.59 Å². The van der Waals surface area contributed by atoms with Gasteiger partial charge in [0.15, 0.2) is 0 Å². The molecule has 4 rings (SSSR count). The van der Waals surface area contributed by atoms with Crippen molar-refractivity contribution in [1.29, 1.82) is 0 Å². The van der Waals surface area contributed by atoms with Crippen LogP contribution in [0, 0.1) is 0 Å². The molecule has 4 aromatic rings. The van der Waals surface area contributed by atoms with Gasteiger partial charge in [0.05, 0.1) is 6.54 Å². The van der Waals surface area contributed by atoms with Gasteiger partial charge in [-0.2, -0.15) is 0 Å². The van der Waals surface area contributed by atoms with Gasteiger partial charge >= 0.3 is 0 Å². The van der Waals surface area contributed by atoms with Crippen LogP contribution in [0.1, 0.15) is 35.3 Å². The molecule has 156 valence electrons. The highest BCUT2D eigenvalue weighted by molar-refractivity contribution is 5.97. The van der Waals surface area contributed by atoms with Crippen LogP contribution in [-0.4, -0.2) is 26.4 Å². The molecule has 31 heavy (non-hydrogen) atoms. The zero-order valence-corrected chi connectivity index (χ0v) is 17.7. The highest BCUT2D eigenvalue weighted by atomic mass is 16.2. The van der Waals surface area contributed by atoms with Crippen LogP contribution in [0.3, 0.4) is 0 Å². The first-order valence-corrected chi connectivity index (χ1v) is 10.4. The Morgan fingerprint density at radius 3 is 2.23 bits per heavy atom. The molecule has 0 aliphatic heterocycles. The van der Waals surface area contributed by atoms with Crippen molar-refractivity contribution in [3.05, 3.63) is 112 Å². The van der Waals surface area contributed by atoms with E-state index in [1.807, 2.05) is 86.6 Å². The SMILES string of the molecule is CC(C)N(Cc1ccccc1)C(=O)c1cc2cccnc2n(Cc2ccccc2)c1=O. The van der Waals surface area contributed by atoms with Gasteiger partial charge < -0.3 is 4.90 Å². The number of carbonyl (C=O) groups excluding carboxylic acids is 1. The molecule has 0 radical (unpaired) electrons. The minimum atomic E-state index is -0.321. The van der Waals surface area contributed by atoms with Crippen molar-refractivity contribution >= 4 is 16.9 Å². The first-order valence-electron chi connectivity index (χ1n) is 10.4. The number of hydrogen-bond donors (Lipinski definition) is 0. The fourth-order valence-corrected chi connectivity index (χ4v) is 3.70. The molecule has 0 saturated carbocycles. The molecule has 0 unspecified atom stereocenters. The summed E-state index contributed by atoms with van der Waals surface area (Å²) in [6.07, 6.45) is 1.67. The molecule has 0 spiro atoms. The van der Waals surface area contributed by atoms with E-state index in [2.05, 4.69) is 4.98 Å². The molecular weight excluding hydrogens is 386 g/mol. The summed E-state index contributed by atoms with van der Waals surface area (Å²) in [7, 11) is 0. The molecular formula is C26H25N3O2. The van der Waals surface area contributed by atoms with Gasteiger partial charge in [0.25, 0.3) is 11.5 Å². The molecule has 0 atom stereocenters. The maximum absolute atomic E-state index is 13.6. The molecule has 2 aromatic carbocycles. The molecule has 0 aliphatic carbocycles. The van der Waals surface area contributed by atoms with Crippen LogP contribution in [0.2, 0.25) is 0 Å². The first kappa shape index (κ1) is 20.5. The zero-order chi connectivity index (χ0) is 21.8. The second kappa shape index (κ2) is 8.96. The number of pyridine rings is 2. The Hall–Kier alpha value is -3.73. The molecule has 0 fully saturated rings. The number of carbonyl (C=O) groups is 1. The highest BCUT2D eigenvalue weighted by Gasteiger charge is 2.24. The van der Waals surface area contributed by atoms with Crippen LogP contribution in [0.25, 0.3) is 11.0 Å². The van der Waals surface area contributed by atoms with Gasteiger partial charge in [-0.25, -0.2) is 4.98 Å². The predicted molar refractivity (Wildman–Crippen MR) is 123 cm³/mol. The van der Waals surface area contributed by atoms with E-state index < -0.39 is 0 Å². The van der Waals surface area contributed by atoms with Crippen molar-refractivity contribution in [1.82, 2.24) is 14.5 Å². The molecule has 5 heteroatoms. The number of benzene rings is 2. The lowest BCUT2D eigenvalue weighted by molar-refractivity contribution is 0.0688. The lowest BCUT2D eigenvalue weighted by atomic mass is 10.1. The maximum Gasteiger partial charge on any atom is 0.265 e. The summed E-state index contributed by atoms with van der Waals surface area (Å²) < 4.78 is 1.60. The van der Waals surface area contributed by atoms with Gasteiger partial charge in [-0.3, -0.25) is 14.2 Å². The number of rotatable bonds is 6. The Morgan fingerprint density at radius 1 is 0.935 bits per heavy atom. The van der Waals surface area contributed by atoms with Crippen molar-refractivity contribution in [2.45, 2.75) is 33.0 Å². The first-order chi connectivity index (χ1) is 15.0. The molecule has 2 aromatic heterocycles. The van der Waals surface area contributed by atoms with Crippen molar-refractivity contribution < 1.29 is 4.79 Å². The Labute approximate surface area is 181 Å². The molecule has 1 amide bonds. The summed E-state index contributed by atoms with van der Waals surface area (Å²) in [6.45, 7) is 4.73. The van der Waals surface area contributed by atoms with Crippen LogP contribution in [-0.2, 0) is 13.1 Å². The van der Waals surface area contributed by atoms with Gasteiger partial charge in [-0.1, -0.05) is 60.7 Å². The monoisotopic (exact) mass is 411 g/mol. The van der Waals surface area contributed by atoms with E-state index in [-0.39, 0.29) is 23.1 Å². The van der Waals surface area contributed by atoms with Crippen molar-refractivity contribution in [2.75, 3.05) is 0 Å². The minimum Gasteiger partial charge on any atom is -0.332 e. The summed E-state index contributed by atoms with van der Waals surface area (Å²) in [6, 6.07) is 24.9. The van der Waals surface area contributed by atoms with E-state index in [0.29, 0.717) is 18.7 Å². The van der Waals surface area contributed by atoms with E-state index in [1.54, 1.807) is 21.7 Å². The van der Waals surface area contributed by atoms with Crippen LogP contribution in [0.4, 0.5) is 0 Å². The van der Waals surface area contributed by atoms with E-state index in [1.165, 1.54) is 0 Å². The molecule has 2 heterocycles. The number of fused-ring (bicyclic) bond motifs is 1. The second-order valence-electron chi connectivity index (χ2n) is 7.86. The third-order valence-electron chi connectivity index (χ3n) is 5.34. The number of hydrogen-bond acceptors (Lipinski definition) is 3. The fourth-order valence-electron chi connectivity index (χ4n) is 3.70. The van der Waals surface area contributed by atoms with Gasteiger partial charge in [-0.15, -0.1) is 0 Å². The number of aromatic nitrogens is 2. The lowest BCUT2D eigenvalue weighted by Gasteiger charge is -2.27. The average molecular weight is 412 g/mol. The van der Waals surface area contributed by atoms with Crippen LogP contribution < -0.4 is 5.56 Å². The van der Waals surface area contributed by atoms with Crippen LogP contribution in [0.5, 0.6) is 0 Å². The normalized spacial score (nSPS) is 11.1. The topological polar surface area (TPSA) is 55.2 Å². The third kappa shape index (κ3) is 4.40. The standard InChI is InChI=1S/C26H25N3O2/c1-19(2)28(17-20-10-5-3-6-11-20)25(30)23-16-22-14-9-15-27-24(22)29(26(23)31)18-21-12-7-4-8-13-21/h3-16,19H,17-18H2,1-2H3. The number of nitrogens with zero attached hydrogens (tertiary/aromatic N) is 3. The van der Waals surface area contributed by atoms with Gasteiger partial charge in [0.2, 0.25) is 0 Å². The van der Waals surface area contributed by atoms with E-state index in [0.717, 1.165) is 16.5 Å². The fraction of sp³-hybridized carbons (Fsp3) is 0.192. The molecule has 0 bridgehead atoms. The molecule has 0 N–H and O–H groups in total. The Kier molecular flexibility index (Phi) is 5.94. The Bertz CT molecular complexity index is 1250. The molecule has 5 nitrogen and oxygen atoms in total. The van der Waals surface area contributed by atoms with Gasteiger partial charge in [0, 0.05) is 24.2 Å². The second-order valence-corrected chi connectivity index (χ2v) is 7.86. The summed E-state index contributed by atoms with van der Waals surface area (Å²) in [4.78, 5) is 33.2. The van der Waals surface area contributed by atoms with Crippen LogP contribution in [0.15, 0.2) is 89.9 Å². The van der Waals surface area contributed by atoms with Crippen molar-refractivity contribution in [3.8, 4) is 0 Å². The van der Waals surface area contributed by atoms with Gasteiger partial charge in [0.1, 0.15) is 11.2 Å². The van der Waals surface area contributed by atoms with Crippen molar-refractivity contribution in [2.24, 2.45) is 0 Å². The highest BCUT2D eigenvalue weighted by Crippen LogP contribution is 2.17. The summed E-state index contributed by atoms with van der Waals surface area (Å²) in [5, 5.41) is 0.768.